The van der Waals surface area contributed by atoms with Crippen molar-refractivity contribution in [1.29, 1.82) is 0 Å². The van der Waals surface area contributed by atoms with Crippen LogP contribution in [-0.4, -0.2) is 105 Å². The second-order valence-electron chi connectivity index (χ2n) is 18.6. The predicted octanol–water partition coefficient (Wildman–Crippen LogP) is 9.01. The van der Waals surface area contributed by atoms with Crippen molar-refractivity contribution in [3.05, 3.63) is 131 Å². The number of aromatic nitrogens is 8. The molecule has 27 heteroatoms. The number of aromatic hydroxyl groups is 1. The first-order chi connectivity index (χ1) is 38.7. The van der Waals surface area contributed by atoms with Crippen molar-refractivity contribution in [2.24, 2.45) is 0 Å². The fraction of sp³-hybridized carbons (Fsp3) is 0.377. The molecule has 0 spiro atoms. The Balaban J connectivity index is 0.000000138. The highest BCUT2D eigenvalue weighted by Crippen LogP contribution is 2.43. The first kappa shape index (κ1) is 57.4. The van der Waals surface area contributed by atoms with E-state index < -0.39 is 16.1 Å². The Bertz CT molecular complexity index is 3390. The Morgan fingerprint density at radius 3 is 1.48 bits per heavy atom. The topological polar surface area (TPSA) is 353 Å². The summed E-state index contributed by atoms with van der Waals surface area (Å²) in [7, 11) is 3.30. The zero-order chi connectivity index (χ0) is 56.6. The van der Waals surface area contributed by atoms with E-state index in [-0.39, 0.29) is 24.7 Å². The van der Waals surface area contributed by atoms with Crippen LogP contribution < -0.4 is 35.5 Å². The van der Waals surface area contributed by atoms with Crippen molar-refractivity contribution in [1.82, 2.24) is 40.6 Å². The third-order valence-electron chi connectivity index (χ3n) is 12.0. The number of phenolic OH excluding ortho intramolecular Hbond substituents is 1. The lowest BCUT2D eigenvalue weighted by Crippen LogP contribution is -2.02. The number of methoxy groups -OCH3 is 2. The van der Waals surface area contributed by atoms with Gasteiger partial charge in [0.05, 0.1) is 27.1 Å². The second kappa shape index (κ2) is 27.2. The number of hydrogen-bond acceptors (Lipinski definition) is 25. The second-order valence-corrected chi connectivity index (χ2v) is 20.3. The Hall–Kier alpha value is -8.82. The van der Waals surface area contributed by atoms with E-state index >= 15 is 0 Å². The molecule has 4 aliphatic carbocycles. The quantitative estimate of drug-likeness (QED) is 0.0350. The Labute approximate surface area is 459 Å². The van der Waals surface area contributed by atoms with Gasteiger partial charge in [-0.25, -0.2) is 14.8 Å². The number of aliphatic hydroxyl groups excluding tert-OH is 1. The summed E-state index contributed by atoms with van der Waals surface area (Å²) in [6.07, 6.45) is 13.5. The number of carboxylic acid groups (broad SMARTS) is 1. The number of aliphatic hydroxyl groups is 1. The van der Waals surface area contributed by atoms with Gasteiger partial charge >= 0.3 is 5.97 Å². The van der Waals surface area contributed by atoms with E-state index in [2.05, 4.69) is 66.0 Å². The minimum absolute atomic E-state index is 0.00639. The lowest BCUT2D eigenvalue weighted by molar-refractivity contribution is 0.0685. The number of nitrogens with one attached hydrogen (secondary N) is 4. The van der Waals surface area contributed by atoms with E-state index in [1.54, 1.807) is 62.9 Å². The van der Waals surface area contributed by atoms with Crippen LogP contribution in [0.25, 0.3) is 0 Å². The molecule has 4 saturated carbocycles. The predicted molar refractivity (Wildman–Crippen MR) is 288 cm³/mol. The Morgan fingerprint density at radius 2 is 1.05 bits per heavy atom. The summed E-state index contributed by atoms with van der Waals surface area (Å²) >= 11 is 0. The van der Waals surface area contributed by atoms with Crippen molar-refractivity contribution in [3.8, 4) is 23.0 Å². The van der Waals surface area contributed by atoms with Gasteiger partial charge in [-0.05, 0) is 87.8 Å². The van der Waals surface area contributed by atoms with Crippen LogP contribution in [0, 0.1) is 0 Å². The number of rotatable bonds is 20. The maximum atomic E-state index is 10.7. The zero-order valence-electron chi connectivity index (χ0n) is 44.5. The molecular weight excluding hydrogens is 1060 g/mol. The summed E-state index contributed by atoms with van der Waals surface area (Å²) in [6, 6.07) is 21.1. The fourth-order valence-electron chi connectivity index (χ4n) is 7.15. The van der Waals surface area contributed by atoms with Gasteiger partial charge in [0, 0.05) is 97.9 Å². The SMILES string of the molecule is CNc1ccnc(Nc2ccc(OC)c(O)c2)n1.CNc1ccnc(Nc2ccc(OC)c(OCc3cc(C4CC4)on3)c2)n1.CS(=O)(=O)OCc1cc(C2CC2)on1.O=C(O)c1cc(C2CC2)on1.OCc1cc(C2CC2)on1. The van der Waals surface area contributed by atoms with Crippen LogP contribution in [0.1, 0.15) is 126 Å². The van der Waals surface area contributed by atoms with Gasteiger partial charge in [-0.2, -0.15) is 18.4 Å². The average molecular weight is 1120 g/mol. The number of ether oxygens (including phenoxy) is 3. The van der Waals surface area contributed by atoms with Gasteiger partial charge in [0.25, 0.3) is 10.1 Å². The standard InChI is InChI=1S/C19H21N5O3.C12H14N4O2.C8H11NO4S.C7H7NO3.C7H9NO2/c1-20-18-7-8-21-19(23-18)22-13-5-6-15(25-2)17(9-13)26-11-14-10-16(27-24-14)12-3-4-12;1-13-11-5-6-14-12(16-11)15-8-3-4-10(18-2)9(17)7-8;1-14(10,11)12-5-7-4-8(13-9-7)6-2-3-6;9-7(10)5-3-6(11-8-5)4-1-2-4;9-4-6-3-7(10-8-6)5-1-2-5/h5-10,12H,3-4,11H2,1-2H3,(H2,20,21,22,23);3-7,17H,1-2H3,(H2,13,14,15,16);4,6H,2-3,5H2,1H3;3-4H,1-2H2,(H,9,10);3,5,9H,1-2,4H2. The van der Waals surface area contributed by atoms with Gasteiger partial charge < -0.3 is 68.9 Å². The van der Waals surface area contributed by atoms with Gasteiger partial charge in [-0.3, -0.25) is 4.18 Å². The van der Waals surface area contributed by atoms with E-state index in [0.29, 0.717) is 88.1 Å². The number of nitrogens with zero attached hydrogens (tertiary/aromatic N) is 8. The highest BCUT2D eigenvalue weighted by molar-refractivity contribution is 7.85. The monoisotopic (exact) mass is 1120 g/mol. The first-order valence-corrected chi connectivity index (χ1v) is 27.3. The third kappa shape index (κ3) is 17.9. The maximum Gasteiger partial charge on any atom is 0.358 e. The van der Waals surface area contributed by atoms with Crippen molar-refractivity contribution in [2.45, 2.75) is 94.9 Å². The lowest BCUT2D eigenvalue weighted by atomic mass is 10.2. The van der Waals surface area contributed by atoms with Crippen LogP contribution in [0.15, 0.2) is 103 Å². The van der Waals surface area contributed by atoms with E-state index in [0.717, 1.165) is 66.4 Å². The molecule has 6 heterocycles. The summed E-state index contributed by atoms with van der Waals surface area (Å²) in [5, 5.41) is 53.7. The molecule has 80 heavy (non-hydrogen) atoms. The smallest absolute Gasteiger partial charge is 0.358 e. The molecule has 7 N–H and O–H groups in total. The van der Waals surface area contributed by atoms with E-state index in [1.165, 1.54) is 38.9 Å². The van der Waals surface area contributed by atoms with Crippen LogP contribution in [0.2, 0.25) is 0 Å². The van der Waals surface area contributed by atoms with Crippen molar-refractivity contribution in [2.75, 3.05) is 55.8 Å². The van der Waals surface area contributed by atoms with E-state index in [4.69, 9.17) is 42.5 Å². The molecule has 0 radical (unpaired) electrons. The highest BCUT2D eigenvalue weighted by Gasteiger charge is 2.30. The van der Waals surface area contributed by atoms with Crippen LogP contribution in [0.3, 0.4) is 0 Å². The van der Waals surface area contributed by atoms with Gasteiger partial charge in [-0.1, -0.05) is 20.6 Å². The van der Waals surface area contributed by atoms with Crippen LogP contribution in [0.5, 0.6) is 23.0 Å². The number of aromatic carboxylic acids is 1. The summed E-state index contributed by atoms with van der Waals surface area (Å²) < 4.78 is 62.4. The molecule has 0 bridgehead atoms. The molecule has 26 nitrogen and oxygen atoms in total. The zero-order valence-corrected chi connectivity index (χ0v) is 45.3. The minimum Gasteiger partial charge on any atom is -0.504 e. The molecule has 8 aromatic rings. The van der Waals surface area contributed by atoms with Crippen molar-refractivity contribution >= 4 is 51.0 Å². The molecule has 0 atom stereocenters. The molecule has 2 aromatic carbocycles. The molecule has 4 fully saturated rings. The third-order valence-corrected chi connectivity index (χ3v) is 12.6. The molecule has 0 unspecified atom stereocenters. The Morgan fingerprint density at radius 1 is 0.600 bits per heavy atom. The van der Waals surface area contributed by atoms with Gasteiger partial charge in [0.2, 0.25) is 11.9 Å². The number of anilines is 6. The molecule has 0 amide bonds. The summed E-state index contributed by atoms with van der Waals surface area (Å²) in [6.45, 7) is 0.243. The number of hydrogen-bond donors (Lipinski definition) is 7. The van der Waals surface area contributed by atoms with Crippen molar-refractivity contribution in [3.63, 3.8) is 0 Å². The van der Waals surface area contributed by atoms with Crippen molar-refractivity contribution < 1.29 is 65.0 Å². The number of carbonyl (C=O) groups is 1. The first-order valence-electron chi connectivity index (χ1n) is 25.4. The van der Waals surface area contributed by atoms with Gasteiger partial charge in [0.15, 0.2) is 28.7 Å². The van der Waals surface area contributed by atoms with E-state index in [9.17, 15) is 18.3 Å². The van der Waals surface area contributed by atoms with E-state index in [1.807, 2.05) is 37.4 Å². The number of phenols is 1. The average Bonchev–Trinajstić information content (AvgIpc) is 4.38. The maximum absolute atomic E-state index is 10.7. The number of benzene rings is 2. The molecule has 6 aromatic heterocycles. The molecule has 4 aliphatic rings. The number of carboxylic acids is 1. The molecule has 12 rings (SSSR count). The van der Waals surface area contributed by atoms with Crippen LogP contribution >= 0.6 is 0 Å². The fourth-order valence-corrected chi connectivity index (χ4v) is 7.49. The molecular formula is C53H62N12O14S. The molecule has 0 saturated heterocycles. The van der Waals surface area contributed by atoms with Gasteiger partial charge in [-0.15, -0.1) is 0 Å². The van der Waals surface area contributed by atoms with Gasteiger partial charge in [0.1, 0.15) is 65.0 Å². The highest BCUT2D eigenvalue weighted by atomic mass is 32.2. The molecule has 0 aliphatic heterocycles. The summed E-state index contributed by atoms with van der Waals surface area (Å²) in [5.74, 6) is 8.52. The minimum atomic E-state index is -3.40. The van der Waals surface area contributed by atoms with Crippen LogP contribution in [0.4, 0.5) is 34.9 Å². The normalized spacial score (nSPS) is 14.2. The molecule has 424 valence electrons. The lowest BCUT2D eigenvalue weighted by Gasteiger charge is -2.12. The van der Waals surface area contributed by atoms with Crippen LogP contribution in [-0.2, 0) is 34.1 Å². The largest absolute Gasteiger partial charge is 0.504 e. The summed E-state index contributed by atoms with van der Waals surface area (Å²) in [5.41, 5.74) is 3.41. The Kier molecular flexibility index (Phi) is 19.5. The summed E-state index contributed by atoms with van der Waals surface area (Å²) in [4.78, 5) is 27.2.